The van der Waals surface area contributed by atoms with E-state index in [1.807, 2.05) is 0 Å². The van der Waals surface area contributed by atoms with E-state index in [4.69, 9.17) is 10.6 Å². The molecule has 1 aromatic carbocycles. The normalized spacial score (nSPS) is 18.8. The van der Waals surface area contributed by atoms with Gasteiger partial charge in [-0.05, 0) is 55.7 Å². The largest absolute Gasteiger partial charge is 0.416 e. The number of alkyl halides is 3. The Hall–Kier alpha value is -2.95. The topological polar surface area (TPSA) is 105 Å². The highest BCUT2D eigenvalue weighted by molar-refractivity contribution is 5.56. The minimum Gasteiger partial charge on any atom is -0.364 e. The van der Waals surface area contributed by atoms with Crippen LogP contribution in [0.15, 0.2) is 30.5 Å². The van der Waals surface area contributed by atoms with Crippen molar-refractivity contribution in [3.8, 4) is 0 Å². The first-order valence-corrected chi connectivity index (χ1v) is 10.5. The van der Waals surface area contributed by atoms with Gasteiger partial charge < -0.3 is 16.4 Å². The molecule has 3 rings (SSSR count). The van der Waals surface area contributed by atoms with Crippen LogP contribution in [-0.2, 0) is 17.6 Å². The van der Waals surface area contributed by atoms with Crippen molar-refractivity contribution in [3.63, 3.8) is 0 Å². The van der Waals surface area contributed by atoms with E-state index in [9.17, 15) is 18.1 Å². The summed E-state index contributed by atoms with van der Waals surface area (Å²) in [5, 5.41) is 5.99. The van der Waals surface area contributed by atoms with Crippen LogP contribution in [0.2, 0.25) is 0 Å². The SMILES string of the molecule is CO[N+](=O)c1cnc(NCc2ccccc2C(F)(F)F)nc1NCC1CCC(CN)CC1. The Morgan fingerprint density at radius 2 is 1.84 bits per heavy atom. The van der Waals surface area contributed by atoms with E-state index in [1.165, 1.54) is 31.5 Å². The predicted molar refractivity (Wildman–Crippen MR) is 114 cm³/mol. The van der Waals surface area contributed by atoms with E-state index in [0.717, 1.165) is 31.7 Å². The summed E-state index contributed by atoms with van der Waals surface area (Å²) in [7, 11) is 1.23. The lowest BCUT2D eigenvalue weighted by Crippen LogP contribution is -2.25. The minimum atomic E-state index is -4.46. The van der Waals surface area contributed by atoms with Crippen molar-refractivity contribution in [3.05, 3.63) is 46.5 Å². The fourth-order valence-corrected chi connectivity index (χ4v) is 3.86. The second-order valence-electron chi connectivity index (χ2n) is 7.88. The van der Waals surface area contributed by atoms with E-state index < -0.39 is 11.7 Å². The van der Waals surface area contributed by atoms with Crippen LogP contribution in [0.5, 0.6) is 0 Å². The van der Waals surface area contributed by atoms with Crippen molar-refractivity contribution in [2.75, 3.05) is 30.8 Å². The third-order valence-electron chi connectivity index (χ3n) is 5.75. The number of aromatic nitrogens is 2. The zero-order chi connectivity index (χ0) is 23.1. The highest BCUT2D eigenvalue weighted by atomic mass is 19.4. The van der Waals surface area contributed by atoms with Crippen molar-refractivity contribution in [1.82, 2.24) is 9.97 Å². The van der Waals surface area contributed by atoms with E-state index >= 15 is 0 Å². The average molecular weight is 453 g/mol. The van der Waals surface area contributed by atoms with Crippen molar-refractivity contribution >= 4 is 17.5 Å². The monoisotopic (exact) mass is 453 g/mol. The van der Waals surface area contributed by atoms with Gasteiger partial charge in [0.25, 0.3) is 4.92 Å². The molecule has 8 nitrogen and oxygen atoms in total. The summed E-state index contributed by atoms with van der Waals surface area (Å²) in [6.07, 6.45) is 1.00. The first-order valence-electron chi connectivity index (χ1n) is 10.5. The second-order valence-corrected chi connectivity index (χ2v) is 7.88. The Morgan fingerprint density at radius 3 is 2.50 bits per heavy atom. The fourth-order valence-electron chi connectivity index (χ4n) is 3.86. The van der Waals surface area contributed by atoms with E-state index in [-0.39, 0.29) is 34.5 Å². The predicted octanol–water partition coefficient (Wildman–Crippen LogP) is 4.26. The lowest BCUT2D eigenvalue weighted by atomic mass is 9.82. The van der Waals surface area contributed by atoms with Gasteiger partial charge in [-0.3, -0.25) is 0 Å². The van der Waals surface area contributed by atoms with Crippen LogP contribution in [0.4, 0.5) is 30.6 Å². The molecule has 11 heteroatoms. The summed E-state index contributed by atoms with van der Waals surface area (Å²) in [6.45, 7) is 1.18. The van der Waals surface area contributed by atoms with Crippen LogP contribution in [-0.4, -0.2) is 35.1 Å². The molecule has 2 aromatic rings. The average Bonchev–Trinajstić information content (AvgIpc) is 2.81. The zero-order valence-corrected chi connectivity index (χ0v) is 17.9. The van der Waals surface area contributed by atoms with Crippen LogP contribution in [0.1, 0.15) is 36.8 Å². The van der Waals surface area contributed by atoms with Gasteiger partial charge in [-0.1, -0.05) is 18.2 Å². The number of nitrogens with two attached hydrogens (primary N) is 1. The first kappa shape index (κ1) is 23.7. The Bertz CT molecular complexity index is 917. The number of hydrogen-bond donors (Lipinski definition) is 3. The molecule has 0 atom stereocenters. The quantitative estimate of drug-likeness (QED) is 0.487. The molecule has 0 bridgehead atoms. The summed E-state index contributed by atoms with van der Waals surface area (Å²) in [5.41, 5.74) is 5.18. The molecule has 0 saturated heterocycles. The van der Waals surface area contributed by atoms with Crippen LogP contribution in [0, 0.1) is 16.7 Å². The number of nitrogens with one attached hydrogen (secondary N) is 2. The number of halogens is 3. The number of rotatable bonds is 9. The molecule has 1 aliphatic rings. The molecule has 0 radical (unpaired) electrons. The summed E-state index contributed by atoms with van der Waals surface area (Å²) in [6, 6.07) is 5.30. The first-order chi connectivity index (χ1) is 15.3. The van der Waals surface area contributed by atoms with Gasteiger partial charge in [0.1, 0.15) is 6.20 Å². The van der Waals surface area contributed by atoms with Gasteiger partial charge in [0.15, 0.2) is 7.11 Å². The van der Waals surface area contributed by atoms with Crippen LogP contribution in [0.3, 0.4) is 0 Å². The van der Waals surface area contributed by atoms with Crippen molar-refractivity contribution in [2.24, 2.45) is 17.6 Å². The number of benzene rings is 1. The van der Waals surface area contributed by atoms with Crippen molar-refractivity contribution < 1.29 is 22.9 Å². The van der Waals surface area contributed by atoms with E-state index in [1.54, 1.807) is 0 Å². The molecule has 1 aromatic heterocycles. The van der Waals surface area contributed by atoms with Gasteiger partial charge in [-0.15, -0.1) is 0 Å². The highest BCUT2D eigenvalue weighted by Gasteiger charge is 2.33. The Morgan fingerprint density at radius 1 is 1.16 bits per heavy atom. The second kappa shape index (κ2) is 10.6. The zero-order valence-electron chi connectivity index (χ0n) is 17.9. The Kier molecular flexibility index (Phi) is 7.84. The van der Waals surface area contributed by atoms with E-state index in [2.05, 4.69) is 20.6 Å². The maximum atomic E-state index is 13.2. The molecule has 0 spiro atoms. The minimum absolute atomic E-state index is 0.0705. The van der Waals surface area contributed by atoms with Gasteiger partial charge in [-0.25, -0.2) is 9.82 Å². The summed E-state index contributed by atoms with van der Waals surface area (Å²) < 4.78 is 39.6. The molecule has 0 amide bonds. The molecule has 32 heavy (non-hydrogen) atoms. The Balaban J connectivity index is 1.71. The molecule has 1 saturated carbocycles. The molecule has 1 aliphatic carbocycles. The lowest BCUT2D eigenvalue weighted by Gasteiger charge is -2.27. The molecule has 0 aliphatic heterocycles. The smallest absolute Gasteiger partial charge is 0.364 e. The molecular formula is C21H28F3N6O2+. The van der Waals surface area contributed by atoms with E-state index in [0.29, 0.717) is 24.9 Å². The molecule has 4 N–H and O–H groups in total. The van der Waals surface area contributed by atoms with Gasteiger partial charge in [-0.2, -0.15) is 18.2 Å². The van der Waals surface area contributed by atoms with Crippen LogP contribution < -0.4 is 16.4 Å². The third kappa shape index (κ3) is 6.06. The molecule has 174 valence electrons. The van der Waals surface area contributed by atoms with Gasteiger partial charge in [0, 0.05) is 13.1 Å². The summed E-state index contributed by atoms with van der Waals surface area (Å²) in [4.78, 5) is 25.4. The van der Waals surface area contributed by atoms with Crippen molar-refractivity contribution in [2.45, 2.75) is 38.4 Å². The van der Waals surface area contributed by atoms with Crippen LogP contribution >= 0.6 is 0 Å². The van der Waals surface area contributed by atoms with Crippen LogP contribution in [0.25, 0.3) is 0 Å². The molecular weight excluding hydrogens is 425 g/mol. The number of hydrogen-bond acceptors (Lipinski definition) is 7. The van der Waals surface area contributed by atoms with Gasteiger partial charge in [0.05, 0.1) is 10.5 Å². The Labute approximate surface area is 184 Å². The van der Waals surface area contributed by atoms with Gasteiger partial charge in [0.2, 0.25) is 11.8 Å². The summed E-state index contributed by atoms with van der Waals surface area (Å²) >= 11 is 0. The highest BCUT2D eigenvalue weighted by Crippen LogP contribution is 2.32. The molecule has 1 fully saturated rings. The maximum Gasteiger partial charge on any atom is 0.416 e. The number of anilines is 2. The summed E-state index contributed by atoms with van der Waals surface area (Å²) in [5.74, 6) is 1.33. The number of nitrogens with zero attached hydrogens (tertiary/aromatic N) is 3. The van der Waals surface area contributed by atoms with Gasteiger partial charge >= 0.3 is 11.9 Å². The maximum absolute atomic E-state index is 13.2. The third-order valence-corrected chi connectivity index (χ3v) is 5.75. The standard InChI is InChI=1S/C21H28F3N6O2/c1-32-30(31)18-13-28-20(27-12-16-4-2-3-5-17(16)21(22,23)24)29-19(18)26-11-15-8-6-14(10-25)7-9-15/h2-5,13-15H,6-12,25H2,1H3,(H2,26,27,28,29)/q+1. The molecule has 0 unspecified atom stereocenters. The van der Waals surface area contributed by atoms with Crippen molar-refractivity contribution in [1.29, 1.82) is 0 Å². The molecule has 1 heterocycles. The fraction of sp³-hybridized carbons (Fsp3) is 0.524. The lowest BCUT2D eigenvalue weighted by molar-refractivity contribution is -0.736.